The number of halogens is 2. The molecule has 1 saturated heterocycles. The second-order valence-corrected chi connectivity index (χ2v) is 5.09. The second kappa shape index (κ2) is 5.85. The Morgan fingerprint density at radius 3 is 2.12 bits per heavy atom. The fourth-order valence-electron chi connectivity index (χ4n) is 2.16. The zero-order chi connectivity index (χ0) is 11.4. The van der Waals surface area contributed by atoms with Crippen LogP contribution in [0.15, 0.2) is 12.1 Å². The zero-order valence-corrected chi connectivity index (χ0v) is 10.8. The minimum absolute atomic E-state index is 0.484. The maximum Gasteiger partial charge on any atom is 0.131 e. The van der Waals surface area contributed by atoms with Gasteiger partial charge >= 0.3 is 0 Å². The molecule has 0 saturated carbocycles. The van der Waals surface area contributed by atoms with E-state index in [4.69, 9.17) is 23.2 Å². The van der Waals surface area contributed by atoms with Crippen LogP contribution in [0, 0.1) is 0 Å². The van der Waals surface area contributed by atoms with Gasteiger partial charge in [-0.15, -0.1) is 0 Å². The fraction of sp³-hybridized carbons (Fsp3) is 0.583. The van der Waals surface area contributed by atoms with Crippen LogP contribution in [0.1, 0.15) is 31.2 Å². The first kappa shape index (κ1) is 12.2. The highest BCUT2D eigenvalue weighted by molar-refractivity contribution is 6.32. The molecule has 1 fully saturated rings. The van der Waals surface area contributed by atoms with Crippen LogP contribution in [0.4, 0.5) is 0 Å². The largest absolute Gasteiger partial charge is 0.299 e. The van der Waals surface area contributed by atoms with E-state index < -0.39 is 0 Å². The lowest BCUT2D eigenvalue weighted by Crippen LogP contribution is -2.23. The monoisotopic (exact) mass is 258 g/mol. The lowest BCUT2D eigenvalue weighted by atomic mass is 10.2. The lowest BCUT2D eigenvalue weighted by molar-refractivity contribution is 0.277. The normalized spacial score (nSPS) is 18.4. The Balaban J connectivity index is 2.01. The van der Waals surface area contributed by atoms with Crippen LogP contribution < -0.4 is 0 Å². The first-order valence-electron chi connectivity index (χ1n) is 5.78. The number of rotatable bonds is 2. The van der Waals surface area contributed by atoms with E-state index >= 15 is 0 Å². The minimum atomic E-state index is 0.484. The van der Waals surface area contributed by atoms with Gasteiger partial charge in [-0.2, -0.15) is 0 Å². The Kier molecular flexibility index (Phi) is 4.45. The van der Waals surface area contributed by atoms with E-state index in [1.54, 1.807) is 0 Å². The number of aromatic nitrogens is 1. The van der Waals surface area contributed by atoms with Crippen LogP contribution >= 0.6 is 23.2 Å². The van der Waals surface area contributed by atoms with Gasteiger partial charge in [-0.25, -0.2) is 4.98 Å². The number of pyridine rings is 1. The highest BCUT2D eigenvalue weighted by Crippen LogP contribution is 2.18. The van der Waals surface area contributed by atoms with Crippen molar-refractivity contribution in [1.82, 2.24) is 9.88 Å². The van der Waals surface area contributed by atoms with Gasteiger partial charge in [0.25, 0.3) is 0 Å². The van der Waals surface area contributed by atoms with Gasteiger partial charge < -0.3 is 0 Å². The van der Waals surface area contributed by atoms with Crippen LogP contribution in [0.5, 0.6) is 0 Å². The van der Waals surface area contributed by atoms with E-state index in [1.165, 1.54) is 38.8 Å². The highest BCUT2D eigenvalue weighted by Gasteiger charge is 2.10. The molecule has 0 unspecified atom stereocenters. The molecule has 0 bridgehead atoms. The molecule has 16 heavy (non-hydrogen) atoms. The SMILES string of the molecule is Clc1cc(CN2CCCCCC2)cc(Cl)n1. The molecule has 1 aromatic heterocycles. The van der Waals surface area contributed by atoms with E-state index in [-0.39, 0.29) is 0 Å². The van der Waals surface area contributed by atoms with Crippen LogP contribution in [0.3, 0.4) is 0 Å². The molecule has 0 aliphatic carbocycles. The molecular weight excluding hydrogens is 243 g/mol. The number of nitrogens with zero attached hydrogens (tertiary/aromatic N) is 2. The van der Waals surface area contributed by atoms with Gasteiger partial charge in [0.1, 0.15) is 10.3 Å². The van der Waals surface area contributed by atoms with Gasteiger partial charge in [-0.1, -0.05) is 36.0 Å². The Morgan fingerprint density at radius 1 is 1.00 bits per heavy atom. The van der Waals surface area contributed by atoms with Crippen molar-refractivity contribution in [3.05, 3.63) is 28.0 Å². The summed E-state index contributed by atoms with van der Waals surface area (Å²) in [6.07, 6.45) is 5.31. The van der Waals surface area contributed by atoms with Crippen LogP contribution in [-0.4, -0.2) is 23.0 Å². The Bertz CT molecular complexity index is 327. The summed E-state index contributed by atoms with van der Waals surface area (Å²) in [4.78, 5) is 6.43. The summed E-state index contributed by atoms with van der Waals surface area (Å²) >= 11 is 11.8. The van der Waals surface area contributed by atoms with E-state index in [0.29, 0.717) is 10.3 Å². The molecule has 0 radical (unpaired) electrons. The van der Waals surface area contributed by atoms with Crippen molar-refractivity contribution < 1.29 is 0 Å². The average Bonchev–Trinajstić information content (AvgIpc) is 2.44. The molecule has 0 N–H and O–H groups in total. The molecule has 2 rings (SSSR count). The summed E-state index contributed by atoms with van der Waals surface area (Å²) in [6.45, 7) is 3.29. The summed E-state index contributed by atoms with van der Waals surface area (Å²) in [5, 5.41) is 0.967. The van der Waals surface area contributed by atoms with Crippen molar-refractivity contribution in [3.63, 3.8) is 0 Å². The molecule has 2 heterocycles. The molecule has 4 heteroatoms. The van der Waals surface area contributed by atoms with E-state index in [2.05, 4.69) is 9.88 Å². The number of likely N-dealkylation sites (tertiary alicyclic amines) is 1. The van der Waals surface area contributed by atoms with Crippen molar-refractivity contribution in [2.45, 2.75) is 32.2 Å². The molecular formula is C12H16Cl2N2. The van der Waals surface area contributed by atoms with Gasteiger partial charge in [0.15, 0.2) is 0 Å². The van der Waals surface area contributed by atoms with Gasteiger partial charge in [0.05, 0.1) is 0 Å². The standard InChI is InChI=1S/C12H16Cl2N2/c13-11-7-10(8-12(14)15-11)9-16-5-3-1-2-4-6-16/h7-8H,1-6,9H2. The van der Waals surface area contributed by atoms with Crippen LogP contribution in [-0.2, 0) is 6.54 Å². The van der Waals surface area contributed by atoms with Crippen molar-refractivity contribution in [3.8, 4) is 0 Å². The van der Waals surface area contributed by atoms with Crippen molar-refractivity contribution in [2.24, 2.45) is 0 Å². The van der Waals surface area contributed by atoms with Crippen molar-refractivity contribution >= 4 is 23.2 Å². The number of hydrogen-bond donors (Lipinski definition) is 0. The molecule has 0 atom stereocenters. The summed E-state index contributed by atoms with van der Waals surface area (Å²) in [5.74, 6) is 0. The smallest absolute Gasteiger partial charge is 0.131 e. The van der Waals surface area contributed by atoms with Crippen LogP contribution in [0.2, 0.25) is 10.3 Å². The van der Waals surface area contributed by atoms with Crippen molar-refractivity contribution in [2.75, 3.05) is 13.1 Å². The predicted octanol–water partition coefficient (Wildman–Crippen LogP) is 3.76. The minimum Gasteiger partial charge on any atom is -0.299 e. The van der Waals surface area contributed by atoms with E-state index in [1.807, 2.05) is 12.1 Å². The molecule has 1 aromatic rings. The average molecular weight is 259 g/mol. The molecule has 0 aromatic carbocycles. The fourth-order valence-corrected chi connectivity index (χ4v) is 2.66. The Hall–Kier alpha value is -0.310. The van der Waals surface area contributed by atoms with Gasteiger partial charge in [-0.05, 0) is 43.6 Å². The quantitative estimate of drug-likeness (QED) is 0.752. The Labute approximate surface area is 107 Å². The van der Waals surface area contributed by atoms with E-state index in [9.17, 15) is 0 Å². The molecule has 0 amide bonds. The maximum atomic E-state index is 5.89. The topological polar surface area (TPSA) is 16.1 Å². The first-order valence-corrected chi connectivity index (χ1v) is 6.54. The third-order valence-corrected chi connectivity index (χ3v) is 3.31. The van der Waals surface area contributed by atoms with Gasteiger partial charge in [0, 0.05) is 6.54 Å². The summed E-state index contributed by atoms with van der Waals surface area (Å²) in [5.41, 5.74) is 1.16. The summed E-state index contributed by atoms with van der Waals surface area (Å²) in [6, 6.07) is 3.80. The molecule has 1 aliphatic heterocycles. The molecule has 1 aliphatic rings. The molecule has 88 valence electrons. The zero-order valence-electron chi connectivity index (χ0n) is 9.25. The predicted molar refractivity (Wildman–Crippen MR) is 68.0 cm³/mol. The first-order chi connectivity index (χ1) is 7.74. The second-order valence-electron chi connectivity index (χ2n) is 4.31. The molecule has 2 nitrogen and oxygen atoms in total. The highest BCUT2D eigenvalue weighted by atomic mass is 35.5. The van der Waals surface area contributed by atoms with Gasteiger partial charge in [-0.3, -0.25) is 4.90 Å². The van der Waals surface area contributed by atoms with Gasteiger partial charge in [0.2, 0.25) is 0 Å². The van der Waals surface area contributed by atoms with E-state index in [0.717, 1.165) is 12.1 Å². The summed E-state index contributed by atoms with van der Waals surface area (Å²) < 4.78 is 0. The third kappa shape index (κ3) is 3.62. The van der Waals surface area contributed by atoms with Crippen molar-refractivity contribution in [1.29, 1.82) is 0 Å². The maximum absolute atomic E-state index is 5.89. The number of hydrogen-bond acceptors (Lipinski definition) is 2. The molecule has 0 spiro atoms. The third-order valence-electron chi connectivity index (χ3n) is 2.93. The summed E-state index contributed by atoms with van der Waals surface area (Å²) in [7, 11) is 0. The Morgan fingerprint density at radius 2 is 1.56 bits per heavy atom. The van der Waals surface area contributed by atoms with Crippen LogP contribution in [0.25, 0.3) is 0 Å². The lowest BCUT2D eigenvalue weighted by Gasteiger charge is -2.19.